The average Bonchev–Trinajstić information content (AvgIpc) is 3.05. The third kappa shape index (κ3) is 5.15. The highest BCUT2D eigenvalue weighted by molar-refractivity contribution is 5.91. The van der Waals surface area contributed by atoms with Crippen LogP contribution in [-0.2, 0) is 19.1 Å². The first-order valence-corrected chi connectivity index (χ1v) is 8.67. The Kier molecular flexibility index (Phi) is 7.35. The summed E-state index contributed by atoms with van der Waals surface area (Å²) in [5.74, 6) is -0.808. The second-order valence-corrected chi connectivity index (χ2v) is 6.17. The number of carbonyl (C=O) groups is 2. The molecular formula is C18H26FN3O4. The highest BCUT2D eigenvalue weighted by atomic mass is 19.1. The topological polar surface area (TPSA) is 79.9 Å². The number of hydrogen-bond acceptors (Lipinski definition) is 5. The van der Waals surface area contributed by atoms with E-state index in [0.717, 1.165) is 0 Å². The largest absolute Gasteiger partial charge is 0.383 e. The maximum Gasteiger partial charge on any atom is 0.248 e. The first kappa shape index (κ1) is 20.1. The van der Waals surface area contributed by atoms with Crippen LogP contribution in [0.5, 0.6) is 0 Å². The van der Waals surface area contributed by atoms with E-state index in [4.69, 9.17) is 9.47 Å². The van der Waals surface area contributed by atoms with Gasteiger partial charge in [-0.15, -0.1) is 0 Å². The van der Waals surface area contributed by atoms with Gasteiger partial charge in [-0.25, -0.2) is 4.39 Å². The van der Waals surface area contributed by atoms with Crippen molar-refractivity contribution in [1.82, 2.24) is 10.2 Å². The van der Waals surface area contributed by atoms with Crippen LogP contribution in [0, 0.1) is 5.82 Å². The standard InChI is InChI=1S/C18H26FN3O4/c1-3-26-12-16(23)22-9-7-18(13-22,17(24)20-8-10-25-2)21-15-6-4-5-14(19)11-15/h4-6,11,21H,3,7-10,12-13H2,1-2H3,(H,20,24). The molecule has 1 saturated heterocycles. The van der Waals surface area contributed by atoms with Crippen molar-refractivity contribution in [3.8, 4) is 0 Å². The number of rotatable bonds is 9. The summed E-state index contributed by atoms with van der Waals surface area (Å²) >= 11 is 0. The number of benzene rings is 1. The molecule has 2 N–H and O–H groups in total. The van der Waals surface area contributed by atoms with Gasteiger partial charge in [0.15, 0.2) is 0 Å². The van der Waals surface area contributed by atoms with Crippen LogP contribution in [-0.4, -0.2) is 68.8 Å². The van der Waals surface area contributed by atoms with Gasteiger partial charge >= 0.3 is 0 Å². The van der Waals surface area contributed by atoms with E-state index in [1.807, 2.05) is 6.92 Å². The molecule has 1 aliphatic heterocycles. The summed E-state index contributed by atoms with van der Waals surface area (Å²) in [5, 5.41) is 5.95. The molecule has 1 fully saturated rings. The molecule has 0 bridgehead atoms. The number of anilines is 1. The molecule has 0 aromatic heterocycles. The Bertz CT molecular complexity index is 628. The maximum absolute atomic E-state index is 13.5. The van der Waals surface area contributed by atoms with Crippen LogP contribution in [0.2, 0.25) is 0 Å². The lowest BCUT2D eigenvalue weighted by Crippen LogP contribution is -2.55. The molecule has 1 atom stereocenters. The van der Waals surface area contributed by atoms with E-state index in [1.54, 1.807) is 24.1 Å². The van der Waals surface area contributed by atoms with E-state index in [1.165, 1.54) is 12.1 Å². The molecule has 1 aromatic carbocycles. The van der Waals surface area contributed by atoms with E-state index in [9.17, 15) is 14.0 Å². The van der Waals surface area contributed by atoms with Gasteiger partial charge in [0.25, 0.3) is 0 Å². The third-order valence-corrected chi connectivity index (χ3v) is 4.29. The molecule has 1 aliphatic rings. The minimum absolute atomic E-state index is 0.0160. The highest BCUT2D eigenvalue weighted by Gasteiger charge is 2.46. The molecule has 0 radical (unpaired) electrons. The number of amides is 2. The van der Waals surface area contributed by atoms with Crippen LogP contribution in [0.1, 0.15) is 13.3 Å². The fourth-order valence-corrected chi connectivity index (χ4v) is 2.93. The van der Waals surface area contributed by atoms with E-state index in [-0.39, 0.29) is 25.0 Å². The fraction of sp³-hybridized carbons (Fsp3) is 0.556. The summed E-state index contributed by atoms with van der Waals surface area (Å²) in [6.45, 7) is 3.60. The van der Waals surface area contributed by atoms with Crippen molar-refractivity contribution in [3.05, 3.63) is 30.1 Å². The molecule has 7 nitrogen and oxygen atoms in total. The molecule has 144 valence electrons. The minimum Gasteiger partial charge on any atom is -0.383 e. The monoisotopic (exact) mass is 367 g/mol. The van der Waals surface area contributed by atoms with Gasteiger partial charge in [-0.05, 0) is 31.5 Å². The summed E-state index contributed by atoms with van der Waals surface area (Å²) in [5.41, 5.74) is -0.533. The molecule has 8 heteroatoms. The van der Waals surface area contributed by atoms with Crippen molar-refractivity contribution in [3.63, 3.8) is 0 Å². The number of likely N-dealkylation sites (tertiary alicyclic amines) is 1. The molecule has 2 rings (SSSR count). The Hall–Kier alpha value is -2.19. The van der Waals surface area contributed by atoms with Crippen molar-refractivity contribution >= 4 is 17.5 Å². The van der Waals surface area contributed by atoms with E-state index in [2.05, 4.69) is 10.6 Å². The van der Waals surface area contributed by atoms with E-state index < -0.39 is 11.4 Å². The molecular weight excluding hydrogens is 341 g/mol. The fourth-order valence-electron chi connectivity index (χ4n) is 2.93. The first-order valence-electron chi connectivity index (χ1n) is 8.67. The van der Waals surface area contributed by atoms with Gasteiger partial charge < -0.3 is 25.0 Å². The summed E-state index contributed by atoms with van der Waals surface area (Å²) in [4.78, 5) is 26.7. The summed E-state index contributed by atoms with van der Waals surface area (Å²) in [6, 6.07) is 5.93. The molecule has 1 unspecified atom stereocenters. The van der Waals surface area contributed by atoms with Crippen LogP contribution in [0.3, 0.4) is 0 Å². The van der Waals surface area contributed by atoms with Crippen LogP contribution >= 0.6 is 0 Å². The Labute approximate surface area is 152 Å². The molecule has 26 heavy (non-hydrogen) atoms. The molecule has 1 aromatic rings. The zero-order valence-electron chi connectivity index (χ0n) is 15.2. The maximum atomic E-state index is 13.5. The quantitative estimate of drug-likeness (QED) is 0.637. The second kappa shape index (κ2) is 9.49. The van der Waals surface area contributed by atoms with Gasteiger partial charge in [0, 0.05) is 32.5 Å². The summed E-state index contributed by atoms with van der Waals surface area (Å²) in [7, 11) is 1.55. The summed E-state index contributed by atoms with van der Waals surface area (Å²) < 4.78 is 23.7. The zero-order valence-corrected chi connectivity index (χ0v) is 15.2. The number of nitrogens with zero attached hydrogens (tertiary/aromatic N) is 1. The van der Waals surface area contributed by atoms with Crippen molar-refractivity contribution in [2.24, 2.45) is 0 Å². The van der Waals surface area contributed by atoms with Crippen molar-refractivity contribution in [2.75, 3.05) is 51.9 Å². The van der Waals surface area contributed by atoms with E-state index >= 15 is 0 Å². The molecule has 0 aliphatic carbocycles. The minimum atomic E-state index is -1.02. The highest BCUT2D eigenvalue weighted by Crippen LogP contribution is 2.27. The Balaban J connectivity index is 2.14. The van der Waals surface area contributed by atoms with Gasteiger partial charge in [-0.2, -0.15) is 0 Å². The lowest BCUT2D eigenvalue weighted by atomic mass is 9.96. The van der Waals surface area contributed by atoms with Gasteiger partial charge in [0.05, 0.1) is 13.2 Å². The van der Waals surface area contributed by atoms with Crippen LogP contribution < -0.4 is 10.6 Å². The van der Waals surface area contributed by atoms with Gasteiger partial charge in [-0.3, -0.25) is 9.59 Å². The van der Waals surface area contributed by atoms with Gasteiger partial charge in [-0.1, -0.05) is 6.07 Å². The lowest BCUT2D eigenvalue weighted by molar-refractivity contribution is -0.135. The molecule has 2 amide bonds. The van der Waals surface area contributed by atoms with E-state index in [0.29, 0.717) is 38.4 Å². The number of nitrogens with one attached hydrogen (secondary N) is 2. The van der Waals surface area contributed by atoms with Crippen molar-refractivity contribution in [1.29, 1.82) is 0 Å². The third-order valence-electron chi connectivity index (χ3n) is 4.29. The number of methoxy groups -OCH3 is 1. The Morgan fingerprint density at radius 3 is 2.88 bits per heavy atom. The van der Waals surface area contributed by atoms with Crippen LogP contribution in [0.25, 0.3) is 0 Å². The predicted molar refractivity (Wildman–Crippen MR) is 95.3 cm³/mol. The lowest BCUT2D eigenvalue weighted by Gasteiger charge is -2.30. The number of carbonyl (C=O) groups excluding carboxylic acids is 2. The zero-order chi connectivity index (χ0) is 19.0. The number of ether oxygens (including phenoxy) is 2. The summed E-state index contributed by atoms with van der Waals surface area (Å²) in [6.07, 6.45) is 0.417. The van der Waals surface area contributed by atoms with Crippen molar-refractivity contribution in [2.45, 2.75) is 18.9 Å². The van der Waals surface area contributed by atoms with Crippen LogP contribution in [0.4, 0.5) is 10.1 Å². The number of hydrogen-bond donors (Lipinski definition) is 2. The van der Waals surface area contributed by atoms with Crippen molar-refractivity contribution < 1.29 is 23.5 Å². The Morgan fingerprint density at radius 1 is 1.38 bits per heavy atom. The van der Waals surface area contributed by atoms with Gasteiger partial charge in [0.1, 0.15) is 18.0 Å². The second-order valence-electron chi connectivity index (χ2n) is 6.17. The molecule has 0 spiro atoms. The SMILES string of the molecule is CCOCC(=O)N1CCC(Nc2cccc(F)c2)(C(=O)NCCOC)C1. The molecule has 1 heterocycles. The molecule has 0 saturated carbocycles. The predicted octanol–water partition coefficient (Wildman–Crippen LogP) is 1.01. The van der Waals surface area contributed by atoms with Crippen LogP contribution in [0.15, 0.2) is 24.3 Å². The smallest absolute Gasteiger partial charge is 0.248 e. The number of halogens is 1. The average molecular weight is 367 g/mol. The Morgan fingerprint density at radius 2 is 2.19 bits per heavy atom. The first-order chi connectivity index (χ1) is 12.5. The van der Waals surface area contributed by atoms with Gasteiger partial charge in [0.2, 0.25) is 11.8 Å². The normalized spacial score (nSPS) is 19.4.